The number of hydrogen-bond donors (Lipinski definition) is 2. The first kappa shape index (κ1) is 16.7. The van der Waals surface area contributed by atoms with Crippen molar-refractivity contribution in [2.45, 2.75) is 39.7 Å². The minimum atomic E-state index is 0.0425. The molecule has 20 heavy (non-hydrogen) atoms. The first-order valence-electron chi connectivity index (χ1n) is 7.38. The Kier molecular flexibility index (Phi) is 7.92. The van der Waals surface area contributed by atoms with Crippen LogP contribution in [-0.2, 0) is 9.53 Å². The Labute approximate surface area is 121 Å². The molecule has 0 spiro atoms. The fourth-order valence-corrected chi connectivity index (χ4v) is 2.10. The molecule has 0 aliphatic heterocycles. The molecule has 1 aromatic carbocycles. The van der Waals surface area contributed by atoms with Crippen molar-refractivity contribution in [2.75, 3.05) is 25.1 Å². The van der Waals surface area contributed by atoms with Gasteiger partial charge in [-0.25, -0.2) is 0 Å². The molecule has 0 radical (unpaired) electrons. The van der Waals surface area contributed by atoms with Crippen LogP contribution < -0.4 is 10.6 Å². The Balaban J connectivity index is 2.56. The lowest BCUT2D eigenvalue weighted by molar-refractivity contribution is -0.116. The van der Waals surface area contributed by atoms with Crippen molar-refractivity contribution in [3.05, 3.63) is 29.8 Å². The van der Waals surface area contributed by atoms with Gasteiger partial charge in [-0.05, 0) is 38.4 Å². The van der Waals surface area contributed by atoms with Crippen molar-refractivity contribution in [3.63, 3.8) is 0 Å². The molecular formula is C16H26N2O2. The quantitative estimate of drug-likeness (QED) is 0.682. The number of nitrogens with one attached hydrogen (secondary N) is 2. The SMILES string of the molecule is CCNC(C)c1ccccc1NC(=O)CCCOCC. The summed E-state index contributed by atoms with van der Waals surface area (Å²) in [6.45, 7) is 8.37. The van der Waals surface area contributed by atoms with E-state index in [0.717, 1.165) is 24.2 Å². The molecule has 1 aromatic rings. The van der Waals surface area contributed by atoms with Gasteiger partial charge in [0.2, 0.25) is 5.91 Å². The van der Waals surface area contributed by atoms with Crippen LogP contribution in [0, 0.1) is 0 Å². The lowest BCUT2D eigenvalue weighted by Crippen LogP contribution is -2.20. The van der Waals surface area contributed by atoms with Crippen LogP contribution in [0.5, 0.6) is 0 Å². The van der Waals surface area contributed by atoms with E-state index in [1.807, 2.05) is 31.2 Å². The lowest BCUT2D eigenvalue weighted by Gasteiger charge is -2.17. The molecule has 0 fully saturated rings. The van der Waals surface area contributed by atoms with Crippen LogP contribution >= 0.6 is 0 Å². The highest BCUT2D eigenvalue weighted by atomic mass is 16.5. The number of benzene rings is 1. The highest BCUT2D eigenvalue weighted by Crippen LogP contribution is 2.22. The molecule has 1 atom stereocenters. The Bertz CT molecular complexity index is 407. The van der Waals surface area contributed by atoms with Crippen molar-refractivity contribution < 1.29 is 9.53 Å². The summed E-state index contributed by atoms with van der Waals surface area (Å²) < 4.78 is 5.24. The third-order valence-corrected chi connectivity index (χ3v) is 3.11. The zero-order chi connectivity index (χ0) is 14.8. The molecule has 0 aliphatic rings. The first-order chi connectivity index (χ1) is 9.69. The van der Waals surface area contributed by atoms with E-state index < -0.39 is 0 Å². The van der Waals surface area contributed by atoms with Gasteiger partial charge < -0.3 is 15.4 Å². The molecule has 0 aliphatic carbocycles. The number of carbonyl (C=O) groups is 1. The van der Waals surface area contributed by atoms with Gasteiger partial charge in [0.05, 0.1) is 0 Å². The zero-order valence-corrected chi connectivity index (χ0v) is 12.7. The highest BCUT2D eigenvalue weighted by molar-refractivity contribution is 5.91. The van der Waals surface area contributed by atoms with Crippen LogP contribution in [0.15, 0.2) is 24.3 Å². The van der Waals surface area contributed by atoms with Crippen LogP contribution in [0.4, 0.5) is 5.69 Å². The number of anilines is 1. The van der Waals surface area contributed by atoms with Crippen LogP contribution in [0.25, 0.3) is 0 Å². The van der Waals surface area contributed by atoms with Gasteiger partial charge >= 0.3 is 0 Å². The molecule has 0 heterocycles. The van der Waals surface area contributed by atoms with Gasteiger partial charge in [0, 0.05) is 31.4 Å². The second-order valence-electron chi connectivity index (χ2n) is 4.72. The number of ether oxygens (including phenoxy) is 1. The predicted molar refractivity (Wildman–Crippen MR) is 82.9 cm³/mol. The van der Waals surface area contributed by atoms with Gasteiger partial charge in [0.25, 0.3) is 0 Å². The van der Waals surface area contributed by atoms with E-state index in [1.54, 1.807) is 0 Å². The average molecular weight is 278 g/mol. The second kappa shape index (κ2) is 9.50. The Morgan fingerprint density at radius 3 is 2.75 bits per heavy atom. The zero-order valence-electron chi connectivity index (χ0n) is 12.7. The third-order valence-electron chi connectivity index (χ3n) is 3.11. The summed E-state index contributed by atoms with van der Waals surface area (Å²) in [7, 11) is 0. The highest BCUT2D eigenvalue weighted by Gasteiger charge is 2.11. The summed E-state index contributed by atoms with van der Waals surface area (Å²) in [5.41, 5.74) is 2.01. The third kappa shape index (κ3) is 5.72. The van der Waals surface area contributed by atoms with E-state index in [4.69, 9.17) is 4.74 Å². The summed E-state index contributed by atoms with van der Waals surface area (Å²) in [6, 6.07) is 8.15. The van der Waals surface area contributed by atoms with E-state index >= 15 is 0 Å². The van der Waals surface area contributed by atoms with Crippen LogP contribution in [-0.4, -0.2) is 25.7 Å². The molecule has 0 bridgehead atoms. The molecule has 2 N–H and O–H groups in total. The maximum atomic E-state index is 11.9. The Hall–Kier alpha value is -1.39. The smallest absolute Gasteiger partial charge is 0.224 e. The minimum Gasteiger partial charge on any atom is -0.382 e. The molecule has 0 saturated carbocycles. The number of carbonyl (C=O) groups excluding carboxylic acids is 1. The lowest BCUT2D eigenvalue weighted by atomic mass is 10.1. The maximum Gasteiger partial charge on any atom is 0.224 e. The molecule has 4 heteroatoms. The predicted octanol–water partition coefficient (Wildman–Crippen LogP) is 3.11. The van der Waals surface area contributed by atoms with E-state index in [2.05, 4.69) is 24.5 Å². The Morgan fingerprint density at radius 2 is 2.05 bits per heavy atom. The van der Waals surface area contributed by atoms with Crippen LogP contribution in [0.2, 0.25) is 0 Å². The fourth-order valence-electron chi connectivity index (χ4n) is 2.10. The van der Waals surface area contributed by atoms with E-state index in [-0.39, 0.29) is 11.9 Å². The van der Waals surface area contributed by atoms with Crippen molar-refractivity contribution in [1.82, 2.24) is 5.32 Å². The molecule has 0 aromatic heterocycles. The number of rotatable bonds is 9. The second-order valence-corrected chi connectivity index (χ2v) is 4.72. The van der Waals surface area contributed by atoms with Crippen LogP contribution in [0.1, 0.15) is 45.2 Å². The molecule has 4 nitrogen and oxygen atoms in total. The normalized spacial score (nSPS) is 12.2. The van der Waals surface area contributed by atoms with Gasteiger partial charge in [-0.3, -0.25) is 4.79 Å². The number of hydrogen-bond acceptors (Lipinski definition) is 3. The molecular weight excluding hydrogens is 252 g/mol. The topological polar surface area (TPSA) is 50.4 Å². The molecule has 112 valence electrons. The van der Waals surface area contributed by atoms with Crippen molar-refractivity contribution >= 4 is 11.6 Å². The van der Waals surface area contributed by atoms with Gasteiger partial charge in [0.15, 0.2) is 0 Å². The van der Waals surface area contributed by atoms with Crippen molar-refractivity contribution in [3.8, 4) is 0 Å². The van der Waals surface area contributed by atoms with Crippen molar-refractivity contribution in [2.24, 2.45) is 0 Å². The average Bonchev–Trinajstić information content (AvgIpc) is 2.44. The van der Waals surface area contributed by atoms with Gasteiger partial charge in [-0.1, -0.05) is 25.1 Å². The van der Waals surface area contributed by atoms with E-state index in [0.29, 0.717) is 19.6 Å². The standard InChI is InChI=1S/C16H26N2O2/c1-4-17-13(3)14-9-6-7-10-15(14)18-16(19)11-8-12-20-5-2/h6-7,9-10,13,17H,4-5,8,11-12H2,1-3H3,(H,18,19). The Morgan fingerprint density at radius 1 is 1.30 bits per heavy atom. The summed E-state index contributed by atoms with van der Waals surface area (Å²) in [5.74, 6) is 0.0425. The molecule has 1 rings (SSSR count). The molecule has 0 saturated heterocycles. The first-order valence-corrected chi connectivity index (χ1v) is 7.38. The summed E-state index contributed by atoms with van der Waals surface area (Å²) in [6.07, 6.45) is 1.24. The van der Waals surface area contributed by atoms with E-state index in [9.17, 15) is 4.79 Å². The van der Waals surface area contributed by atoms with Gasteiger partial charge in [0.1, 0.15) is 0 Å². The van der Waals surface area contributed by atoms with Crippen molar-refractivity contribution in [1.29, 1.82) is 0 Å². The largest absolute Gasteiger partial charge is 0.382 e. The summed E-state index contributed by atoms with van der Waals surface area (Å²) >= 11 is 0. The van der Waals surface area contributed by atoms with E-state index in [1.165, 1.54) is 0 Å². The minimum absolute atomic E-state index is 0.0425. The molecule has 1 amide bonds. The fraction of sp³-hybridized carbons (Fsp3) is 0.562. The van der Waals surface area contributed by atoms with Gasteiger partial charge in [-0.15, -0.1) is 0 Å². The van der Waals surface area contributed by atoms with Gasteiger partial charge in [-0.2, -0.15) is 0 Å². The number of amides is 1. The summed E-state index contributed by atoms with van der Waals surface area (Å²) in [5, 5.41) is 6.36. The summed E-state index contributed by atoms with van der Waals surface area (Å²) in [4.78, 5) is 11.9. The maximum absolute atomic E-state index is 11.9. The monoisotopic (exact) mass is 278 g/mol. The molecule has 1 unspecified atom stereocenters. The van der Waals surface area contributed by atoms with Crippen LogP contribution in [0.3, 0.4) is 0 Å². The number of para-hydroxylation sites is 1.